The quantitative estimate of drug-likeness (QED) is 0.679. The molecule has 0 atom stereocenters. The number of rotatable bonds is 3. The molecule has 0 N–H and O–H groups in total. The predicted octanol–water partition coefficient (Wildman–Crippen LogP) is 4.12. The second-order valence-electron chi connectivity index (χ2n) is 4.83. The maximum Gasteiger partial charge on any atom is 0.228 e. The van der Waals surface area contributed by atoms with Gasteiger partial charge in [-0.2, -0.15) is 0 Å². The molecule has 3 nitrogen and oxygen atoms in total. The van der Waals surface area contributed by atoms with Crippen LogP contribution >= 0.6 is 0 Å². The highest BCUT2D eigenvalue weighted by Gasteiger charge is 2.16. The summed E-state index contributed by atoms with van der Waals surface area (Å²) in [5, 5.41) is 0.868. The summed E-state index contributed by atoms with van der Waals surface area (Å²) in [4.78, 5) is 12.4. The molecule has 0 spiro atoms. The van der Waals surface area contributed by atoms with Crippen LogP contribution in [0.15, 0.2) is 46.9 Å². The molecule has 0 radical (unpaired) electrons. The molecule has 0 fully saturated rings. The highest BCUT2D eigenvalue weighted by atomic mass is 19.1. The van der Waals surface area contributed by atoms with E-state index in [1.54, 1.807) is 6.07 Å². The van der Waals surface area contributed by atoms with E-state index in [9.17, 15) is 9.18 Å². The Morgan fingerprint density at radius 3 is 2.71 bits per heavy atom. The molecule has 1 aromatic heterocycles. The first-order chi connectivity index (χ1) is 10.1. The number of ether oxygens (including phenoxy) is 1. The van der Waals surface area contributed by atoms with Crippen LogP contribution in [-0.2, 0) is 0 Å². The van der Waals surface area contributed by atoms with Crippen molar-refractivity contribution < 1.29 is 18.3 Å². The number of halogens is 1. The third-order valence-electron chi connectivity index (χ3n) is 3.31. The first-order valence-electron chi connectivity index (χ1n) is 6.47. The topological polar surface area (TPSA) is 39.4 Å². The van der Waals surface area contributed by atoms with Gasteiger partial charge in [0.2, 0.25) is 5.78 Å². The third kappa shape index (κ3) is 2.40. The normalized spacial score (nSPS) is 10.8. The Balaban J connectivity index is 2.03. The Kier molecular flexibility index (Phi) is 3.22. The number of aryl methyl sites for hydroxylation is 1. The molecule has 2 aromatic carbocycles. The monoisotopic (exact) mass is 284 g/mol. The predicted molar refractivity (Wildman–Crippen MR) is 77.3 cm³/mol. The van der Waals surface area contributed by atoms with E-state index in [-0.39, 0.29) is 17.3 Å². The average Bonchev–Trinajstić information content (AvgIpc) is 2.90. The van der Waals surface area contributed by atoms with E-state index >= 15 is 0 Å². The second-order valence-corrected chi connectivity index (χ2v) is 4.83. The Morgan fingerprint density at radius 2 is 1.95 bits per heavy atom. The Bertz CT molecular complexity index is 833. The molecule has 0 amide bonds. The molecular formula is C17H13FO3. The number of fused-ring (bicyclic) bond motifs is 1. The molecule has 0 unspecified atom stereocenters. The highest BCUT2D eigenvalue weighted by molar-refractivity contribution is 6.09. The molecule has 0 saturated heterocycles. The van der Waals surface area contributed by atoms with Crippen LogP contribution in [-0.4, -0.2) is 12.9 Å². The number of ketones is 1. The van der Waals surface area contributed by atoms with Gasteiger partial charge in [-0.1, -0.05) is 11.6 Å². The van der Waals surface area contributed by atoms with Crippen LogP contribution in [0.1, 0.15) is 21.7 Å². The number of hydrogen-bond donors (Lipinski definition) is 0. The van der Waals surface area contributed by atoms with Gasteiger partial charge in [-0.05, 0) is 43.3 Å². The lowest BCUT2D eigenvalue weighted by Gasteiger charge is -2.03. The van der Waals surface area contributed by atoms with Crippen molar-refractivity contribution in [1.29, 1.82) is 0 Å². The van der Waals surface area contributed by atoms with Crippen LogP contribution in [0.25, 0.3) is 11.0 Å². The Morgan fingerprint density at radius 1 is 1.14 bits per heavy atom. The van der Waals surface area contributed by atoms with Gasteiger partial charge in [0.15, 0.2) is 17.3 Å². The van der Waals surface area contributed by atoms with Crippen LogP contribution in [0.5, 0.6) is 5.75 Å². The molecule has 3 rings (SSSR count). The van der Waals surface area contributed by atoms with Crippen molar-refractivity contribution in [3.63, 3.8) is 0 Å². The lowest BCUT2D eigenvalue weighted by atomic mass is 10.1. The summed E-state index contributed by atoms with van der Waals surface area (Å²) in [6, 6.07) is 11.4. The van der Waals surface area contributed by atoms with Crippen LogP contribution < -0.4 is 4.74 Å². The summed E-state index contributed by atoms with van der Waals surface area (Å²) in [7, 11) is 1.36. The summed E-state index contributed by atoms with van der Waals surface area (Å²) < 4.78 is 23.8. The second kappa shape index (κ2) is 5.05. The lowest BCUT2D eigenvalue weighted by molar-refractivity contribution is 0.101. The molecule has 106 valence electrons. The fraction of sp³-hybridized carbons (Fsp3) is 0.118. The fourth-order valence-corrected chi connectivity index (χ4v) is 2.22. The Labute approximate surface area is 120 Å². The van der Waals surface area contributed by atoms with Crippen molar-refractivity contribution in [2.45, 2.75) is 6.92 Å². The van der Waals surface area contributed by atoms with E-state index in [1.807, 2.05) is 25.1 Å². The van der Waals surface area contributed by atoms with Crippen molar-refractivity contribution in [2.75, 3.05) is 7.11 Å². The smallest absolute Gasteiger partial charge is 0.228 e. The molecule has 3 aromatic rings. The number of methoxy groups -OCH3 is 1. The summed E-state index contributed by atoms with van der Waals surface area (Å²) in [5.74, 6) is -0.548. The largest absolute Gasteiger partial charge is 0.494 e. The van der Waals surface area contributed by atoms with Gasteiger partial charge >= 0.3 is 0 Å². The molecule has 4 heteroatoms. The van der Waals surface area contributed by atoms with Gasteiger partial charge in [-0.15, -0.1) is 0 Å². The van der Waals surface area contributed by atoms with Crippen LogP contribution in [0.4, 0.5) is 4.39 Å². The minimum atomic E-state index is -0.505. The summed E-state index contributed by atoms with van der Waals surface area (Å²) in [6.07, 6.45) is 0. The van der Waals surface area contributed by atoms with E-state index in [1.165, 1.54) is 25.3 Å². The van der Waals surface area contributed by atoms with Crippen molar-refractivity contribution >= 4 is 16.8 Å². The molecule has 0 aliphatic rings. The van der Waals surface area contributed by atoms with Crippen molar-refractivity contribution in [3.8, 4) is 5.75 Å². The zero-order valence-corrected chi connectivity index (χ0v) is 11.6. The molecular weight excluding hydrogens is 271 g/mol. The first-order valence-corrected chi connectivity index (χ1v) is 6.47. The zero-order chi connectivity index (χ0) is 15.0. The minimum Gasteiger partial charge on any atom is -0.494 e. The average molecular weight is 284 g/mol. The van der Waals surface area contributed by atoms with Gasteiger partial charge in [-0.3, -0.25) is 4.79 Å². The Hall–Kier alpha value is -2.62. The van der Waals surface area contributed by atoms with E-state index < -0.39 is 5.82 Å². The van der Waals surface area contributed by atoms with Gasteiger partial charge in [0, 0.05) is 10.9 Å². The number of hydrogen-bond acceptors (Lipinski definition) is 3. The van der Waals surface area contributed by atoms with Crippen molar-refractivity contribution in [3.05, 3.63) is 65.2 Å². The zero-order valence-electron chi connectivity index (χ0n) is 11.6. The third-order valence-corrected chi connectivity index (χ3v) is 3.31. The van der Waals surface area contributed by atoms with Gasteiger partial charge < -0.3 is 9.15 Å². The molecule has 0 aliphatic carbocycles. The molecule has 1 heterocycles. The van der Waals surface area contributed by atoms with Crippen LogP contribution in [0.3, 0.4) is 0 Å². The lowest BCUT2D eigenvalue weighted by Crippen LogP contribution is -2.01. The van der Waals surface area contributed by atoms with Crippen LogP contribution in [0.2, 0.25) is 0 Å². The van der Waals surface area contributed by atoms with Gasteiger partial charge in [0.25, 0.3) is 0 Å². The highest BCUT2D eigenvalue weighted by Crippen LogP contribution is 2.25. The van der Waals surface area contributed by atoms with Crippen molar-refractivity contribution in [2.24, 2.45) is 0 Å². The van der Waals surface area contributed by atoms with E-state index in [4.69, 9.17) is 9.15 Å². The number of carbonyl (C=O) groups is 1. The van der Waals surface area contributed by atoms with Crippen LogP contribution in [0, 0.1) is 12.7 Å². The molecule has 21 heavy (non-hydrogen) atoms. The fourth-order valence-electron chi connectivity index (χ4n) is 2.22. The maximum absolute atomic E-state index is 13.4. The van der Waals surface area contributed by atoms with Gasteiger partial charge in [0.1, 0.15) is 5.58 Å². The standard InChI is InChI=1S/C17H13FO3/c1-10-3-6-14-12(7-10)9-16(21-14)17(19)11-4-5-13(18)15(8-11)20-2/h3-9H,1-2H3. The molecule has 0 aliphatic heterocycles. The number of furan rings is 1. The number of carbonyl (C=O) groups excluding carboxylic acids is 1. The van der Waals surface area contributed by atoms with E-state index in [0.29, 0.717) is 11.1 Å². The minimum absolute atomic E-state index is 0.0350. The number of benzene rings is 2. The summed E-state index contributed by atoms with van der Waals surface area (Å²) in [6.45, 7) is 1.97. The molecule has 0 bridgehead atoms. The van der Waals surface area contributed by atoms with Crippen molar-refractivity contribution in [1.82, 2.24) is 0 Å². The molecule has 0 saturated carbocycles. The van der Waals surface area contributed by atoms with Gasteiger partial charge in [-0.25, -0.2) is 4.39 Å². The summed E-state index contributed by atoms with van der Waals surface area (Å²) in [5.41, 5.74) is 2.06. The first kappa shape index (κ1) is 13.4. The van der Waals surface area contributed by atoms with E-state index in [0.717, 1.165) is 10.9 Å². The van der Waals surface area contributed by atoms with Gasteiger partial charge in [0.05, 0.1) is 7.11 Å². The SMILES string of the molecule is COc1cc(C(=O)c2cc3cc(C)ccc3o2)ccc1F. The maximum atomic E-state index is 13.4. The van der Waals surface area contributed by atoms with E-state index in [2.05, 4.69) is 0 Å². The summed E-state index contributed by atoms with van der Waals surface area (Å²) >= 11 is 0.